The van der Waals surface area contributed by atoms with E-state index in [-0.39, 0.29) is 12.0 Å². The van der Waals surface area contributed by atoms with Gasteiger partial charge in [-0.25, -0.2) is 4.63 Å². The summed E-state index contributed by atoms with van der Waals surface area (Å²) in [6.07, 6.45) is 1.39. The third kappa shape index (κ3) is 2.63. The highest BCUT2D eigenvalue weighted by Crippen LogP contribution is 2.24. The van der Waals surface area contributed by atoms with Gasteiger partial charge in [0.05, 0.1) is 5.92 Å². The SMILES string of the molecule is Cc1nonc1CN1CCC(C(=O)O)CC1C. The van der Waals surface area contributed by atoms with E-state index in [4.69, 9.17) is 5.11 Å². The molecule has 1 aliphatic heterocycles. The second-order valence-electron chi connectivity index (χ2n) is 4.68. The topological polar surface area (TPSA) is 79.5 Å². The molecular formula is C11H17N3O3. The van der Waals surface area contributed by atoms with Gasteiger partial charge >= 0.3 is 5.97 Å². The van der Waals surface area contributed by atoms with Crippen molar-refractivity contribution in [2.75, 3.05) is 6.54 Å². The van der Waals surface area contributed by atoms with Gasteiger partial charge in [0.2, 0.25) is 0 Å². The van der Waals surface area contributed by atoms with Crippen LogP contribution in [0.1, 0.15) is 31.2 Å². The number of aliphatic carboxylic acids is 1. The molecule has 2 rings (SSSR count). The maximum Gasteiger partial charge on any atom is 0.306 e. The van der Waals surface area contributed by atoms with Gasteiger partial charge < -0.3 is 5.11 Å². The highest BCUT2D eigenvalue weighted by Gasteiger charge is 2.30. The van der Waals surface area contributed by atoms with Crippen LogP contribution in [0.2, 0.25) is 0 Å². The quantitative estimate of drug-likeness (QED) is 0.849. The summed E-state index contributed by atoms with van der Waals surface area (Å²) < 4.78 is 4.66. The number of carboxylic acids is 1. The minimum atomic E-state index is -0.684. The summed E-state index contributed by atoms with van der Waals surface area (Å²) in [5, 5.41) is 16.6. The van der Waals surface area contributed by atoms with Crippen LogP contribution < -0.4 is 0 Å². The third-order valence-electron chi connectivity index (χ3n) is 3.46. The van der Waals surface area contributed by atoms with Crippen molar-refractivity contribution in [2.45, 2.75) is 39.3 Å². The predicted molar refractivity (Wildman–Crippen MR) is 59.3 cm³/mol. The van der Waals surface area contributed by atoms with E-state index in [0.717, 1.165) is 17.9 Å². The van der Waals surface area contributed by atoms with Gasteiger partial charge in [0.1, 0.15) is 11.4 Å². The van der Waals surface area contributed by atoms with E-state index in [1.165, 1.54) is 0 Å². The van der Waals surface area contributed by atoms with Gasteiger partial charge in [-0.1, -0.05) is 10.3 Å². The van der Waals surface area contributed by atoms with Crippen molar-refractivity contribution in [3.63, 3.8) is 0 Å². The number of hydrogen-bond acceptors (Lipinski definition) is 5. The minimum absolute atomic E-state index is 0.210. The molecule has 0 bridgehead atoms. The van der Waals surface area contributed by atoms with Gasteiger partial charge in [0.25, 0.3) is 0 Å². The third-order valence-corrected chi connectivity index (χ3v) is 3.46. The molecule has 0 amide bonds. The second kappa shape index (κ2) is 4.83. The Kier molecular flexibility index (Phi) is 3.42. The Morgan fingerprint density at radius 3 is 2.88 bits per heavy atom. The van der Waals surface area contributed by atoms with Crippen LogP contribution in [-0.4, -0.2) is 38.9 Å². The molecule has 1 fully saturated rings. The van der Waals surface area contributed by atoms with E-state index in [9.17, 15) is 4.79 Å². The first-order chi connectivity index (χ1) is 8.08. The van der Waals surface area contributed by atoms with Crippen molar-refractivity contribution in [1.82, 2.24) is 15.2 Å². The fourth-order valence-corrected chi connectivity index (χ4v) is 2.27. The van der Waals surface area contributed by atoms with E-state index in [1.54, 1.807) is 0 Å². The molecule has 1 saturated heterocycles. The molecule has 6 heteroatoms. The molecule has 0 saturated carbocycles. The number of aromatic nitrogens is 2. The Morgan fingerprint density at radius 1 is 1.59 bits per heavy atom. The first kappa shape index (κ1) is 12.0. The first-order valence-corrected chi connectivity index (χ1v) is 5.83. The maximum atomic E-state index is 10.9. The van der Waals surface area contributed by atoms with Crippen molar-refractivity contribution >= 4 is 5.97 Å². The summed E-state index contributed by atoms with van der Waals surface area (Å²) in [5.74, 6) is -0.895. The molecule has 0 radical (unpaired) electrons. The van der Waals surface area contributed by atoms with Crippen molar-refractivity contribution in [3.8, 4) is 0 Å². The molecule has 6 nitrogen and oxygen atoms in total. The smallest absolute Gasteiger partial charge is 0.306 e. The van der Waals surface area contributed by atoms with Crippen LogP contribution in [0.4, 0.5) is 0 Å². The number of nitrogens with zero attached hydrogens (tertiary/aromatic N) is 3. The summed E-state index contributed by atoms with van der Waals surface area (Å²) in [6.45, 7) is 5.38. The monoisotopic (exact) mass is 239 g/mol. The molecule has 1 aliphatic rings. The van der Waals surface area contributed by atoms with Gasteiger partial charge in [0, 0.05) is 12.6 Å². The van der Waals surface area contributed by atoms with Gasteiger partial charge in [0.15, 0.2) is 0 Å². The van der Waals surface area contributed by atoms with E-state index >= 15 is 0 Å². The van der Waals surface area contributed by atoms with Crippen molar-refractivity contribution in [2.24, 2.45) is 5.92 Å². The van der Waals surface area contributed by atoms with Crippen LogP contribution >= 0.6 is 0 Å². The van der Waals surface area contributed by atoms with Crippen LogP contribution in [0.15, 0.2) is 4.63 Å². The Balaban J connectivity index is 1.96. The van der Waals surface area contributed by atoms with Crippen molar-refractivity contribution in [1.29, 1.82) is 0 Å². The fraction of sp³-hybridized carbons (Fsp3) is 0.727. The average molecular weight is 239 g/mol. The standard InChI is InChI=1S/C11H17N3O3/c1-7-5-9(11(15)16)3-4-14(7)6-10-8(2)12-17-13-10/h7,9H,3-6H2,1-2H3,(H,15,16). The first-order valence-electron chi connectivity index (χ1n) is 5.83. The van der Waals surface area contributed by atoms with Crippen molar-refractivity contribution < 1.29 is 14.5 Å². The number of carboxylic acid groups (broad SMARTS) is 1. The molecule has 17 heavy (non-hydrogen) atoms. The molecule has 1 aromatic rings. The molecule has 1 aromatic heterocycles. The summed E-state index contributed by atoms with van der Waals surface area (Å²) in [4.78, 5) is 13.1. The molecular weight excluding hydrogens is 222 g/mol. The number of hydrogen-bond donors (Lipinski definition) is 1. The molecule has 2 atom stereocenters. The number of rotatable bonds is 3. The Bertz CT molecular complexity index is 404. The van der Waals surface area contributed by atoms with E-state index in [2.05, 4.69) is 26.8 Å². The lowest BCUT2D eigenvalue weighted by Crippen LogP contribution is -2.42. The molecule has 94 valence electrons. The van der Waals surface area contributed by atoms with Gasteiger partial charge in [-0.3, -0.25) is 9.69 Å². The fourth-order valence-electron chi connectivity index (χ4n) is 2.27. The van der Waals surface area contributed by atoms with E-state index in [1.807, 2.05) is 6.92 Å². The maximum absolute atomic E-state index is 10.9. The summed E-state index contributed by atoms with van der Waals surface area (Å²) >= 11 is 0. The number of likely N-dealkylation sites (tertiary alicyclic amines) is 1. The molecule has 0 aliphatic carbocycles. The van der Waals surface area contributed by atoms with Crippen LogP contribution in [0.3, 0.4) is 0 Å². The van der Waals surface area contributed by atoms with Crippen LogP contribution in [0, 0.1) is 12.8 Å². The number of aryl methyl sites for hydroxylation is 1. The zero-order valence-electron chi connectivity index (χ0n) is 10.1. The lowest BCUT2D eigenvalue weighted by atomic mass is 9.91. The van der Waals surface area contributed by atoms with Crippen LogP contribution in [0.25, 0.3) is 0 Å². The second-order valence-corrected chi connectivity index (χ2v) is 4.68. The highest BCUT2D eigenvalue weighted by molar-refractivity contribution is 5.70. The Hall–Kier alpha value is -1.43. The predicted octanol–water partition coefficient (Wildman–Crippen LogP) is 1.06. The molecule has 2 unspecified atom stereocenters. The van der Waals surface area contributed by atoms with E-state index < -0.39 is 5.97 Å². The van der Waals surface area contributed by atoms with Crippen LogP contribution in [-0.2, 0) is 11.3 Å². The summed E-state index contributed by atoms with van der Waals surface area (Å²) in [5.41, 5.74) is 1.64. The zero-order chi connectivity index (χ0) is 12.4. The Morgan fingerprint density at radius 2 is 2.35 bits per heavy atom. The summed E-state index contributed by atoms with van der Waals surface area (Å²) in [7, 11) is 0. The molecule has 0 aromatic carbocycles. The highest BCUT2D eigenvalue weighted by atomic mass is 16.6. The van der Waals surface area contributed by atoms with Gasteiger partial charge in [-0.05, 0) is 33.2 Å². The minimum Gasteiger partial charge on any atom is -0.481 e. The van der Waals surface area contributed by atoms with Gasteiger partial charge in [-0.2, -0.15) is 0 Å². The lowest BCUT2D eigenvalue weighted by molar-refractivity contribution is -0.144. The van der Waals surface area contributed by atoms with Gasteiger partial charge in [-0.15, -0.1) is 0 Å². The van der Waals surface area contributed by atoms with Crippen molar-refractivity contribution in [3.05, 3.63) is 11.4 Å². The Labute approximate surface area is 99.6 Å². The lowest BCUT2D eigenvalue weighted by Gasteiger charge is -2.35. The molecule has 2 heterocycles. The zero-order valence-corrected chi connectivity index (χ0v) is 10.1. The number of piperidine rings is 1. The number of carbonyl (C=O) groups is 1. The molecule has 0 spiro atoms. The summed E-state index contributed by atoms with van der Waals surface area (Å²) in [6, 6.07) is 0.251. The largest absolute Gasteiger partial charge is 0.481 e. The normalized spacial score (nSPS) is 26.0. The van der Waals surface area contributed by atoms with E-state index in [0.29, 0.717) is 19.4 Å². The average Bonchev–Trinajstić information content (AvgIpc) is 2.67. The molecule has 1 N–H and O–H groups in total. The van der Waals surface area contributed by atoms with Crippen LogP contribution in [0.5, 0.6) is 0 Å².